The Morgan fingerprint density at radius 3 is 2.56 bits per heavy atom. The molecule has 0 aliphatic carbocycles. The van der Waals surface area contributed by atoms with Crippen molar-refractivity contribution in [1.29, 1.82) is 0 Å². The van der Waals surface area contributed by atoms with Gasteiger partial charge in [0.2, 0.25) is 0 Å². The summed E-state index contributed by atoms with van der Waals surface area (Å²) in [5.41, 5.74) is 0. The van der Waals surface area contributed by atoms with E-state index in [-0.39, 0.29) is 11.7 Å². The smallest absolute Gasteiger partial charge is 0.327 e. The average molecular weight is 146 g/mol. The fourth-order valence-corrected chi connectivity index (χ4v) is 1.18. The van der Waals surface area contributed by atoms with Gasteiger partial charge in [0.25, 0.3) is 0 Å². The van der Waals surface area contributed by atoms with Gasteiger partial charge in [-0.2, -0.15) is 0 Å². The number of carbonyl (C=O) groups is 2. The van der Waals surface area contributed by atoms with E-state index in [0.29, 0.717) is 0 Å². The molecule has 1 heterocycles. The zero-order chi connectivity index (χ0) is 6.85. The summed E-state index contributed by atoms with van der Waals surface area (Å²) in [6.07, 6.45) is 2.02. The Kier molecular flexibility index (Phi) is 1.75. The molecule has 0 N–H and O–H groups in total. The Morgan fingerprint density at radius 2 is 2.33 bits per heavy atom. The number of esters is 2. The molecule has 0 saturated carbocycles. The molecular formula is C5H6O3S. The van der Waals surface area contributed by atoms with Crippen LogP contribution in [0, 0.1) is 0 Å². The molecule has 0 spiro atoms. The van der Waals surface area contributed by atoms with Crippen molar-refractivity contribution in [2.45, 2.75) is 11.7 Å². The van der Waals surface area contributed by atoms with E-state index < -0.39 is 11.9 Å². The number of rotatable bonds is 1. The van der Waals surface area contributed by atoms with Crippen molar-refractivity contribution in [2.24, 2.45) is 0 Å². The molecule has 1 atom stereocenters. The summed E-state index contributed by atoms with van der Waals surface area (Å²) in [4.78, 5) is 20.9. The number of cyclic esters (lactones) is 2. The summed E-state index contributed by atoms with van der Waals surface area (Å²) >= 11 is 1.35. The number of thioether (sulfide) groups is 1. The van der Waals surface area contributed by atoms with Crippen LogP contribution in [0.1, 0.15) is 6.42 Å². The summed E-state index contributed by atoms with van der Waals surface area (Å²) < 4.78 is 4.27. The highest BCUT2D eigenvalue weighted by Crippen LogP contribution is 2.19. The highest BCUT2D eigenvalue weighted by atomic mass is 32.2. The van der Waals surface area contributed by atoms with E-state index in [1.165, 1.54) is 11.8 Å². The van der Waals surface area contributed by atoms with Crippen molar-refractivity contribution in [3.63, 3.8) is 0 Å². The van der Waals surface area contributed by atoms with Crippen LogP contribution in [0.2, 0.25) is 0 Å². The van der Waals surface area contributed by atoms with Crippen molar-refractivity contribution in [3.8, 4) is 0 Å². The number of ether oxygens (including phenoxy) is 1. The van der Waals surface area contributed by atoms with Gasteiger partial charge in [-0.3, -0.25) is 9.59 Å². The molecule has 1 rings (SSSR count). The average Bonchev–Trinajstić information content (AvgIpc) is 2.10. The minimum absolute atomic E-state index is 0.236. The molecule has 4 heteroatoms. The van der Waals surface area contributed by atoms with Gasteiger partial charge in [0, 0.05) is 0 Å². The maximum absolute atomic E-state index is 10.6. The second-order valence-electron chi connectivity index (χ2n) is 1.72. The number of hydrogen-bond donors (Lipinski definition) is 0. The fourth-order valence-electron chi connectivity index (χ4n) is 0.634. The van der Waals surface area contributed by atoms with Gasteiger partial charge in [-0.05, 0) is 6.26 Å². The van der Waals surface area contributed by atoms with E-state index in [1.807, 2.05) is 0 Å². The first-order chi connectivity index (χ1) is 4.24. The van der Waals surface area contributed by atoms with Crippen LogP contribution in [-0.4, -0.2) is 23.4 Å². The molecule has 1 aliphatic heterocycles. The van der Waals surface area contributed by atoms with Crippen LogP contribution in [0.4, 0.5) is 0 Å². The first-order valence-corrected chi connectivity index (χ1v) is 3.80. The first-order valence-electron chi connectivity index (χ1n) is 2.51. The van der Waals surface area contributed by atoms with E-state index in [2.05, 4.69) is 4.74 Å². The molecular weight excluding hydrogens is 140 g/mol. The highest BCUT2D eigenvalue weighted by Gasteiger charge is 2.32. The Morgan fingerprint density at radius 1 is 1.67 bits per heavy atom. The second-order valence-corrected chi connectivity index (χ2v) is 2.76. The second kappa shape index (κ2) is 2.39. The van der Waals surface area contributed by atoms with Crippen molar-refractivity contribution < 1.29 is 14.3 Å². The molecule has 0 bridgehead atoms. The Balaban J connectivity index is 2.58. The van der Waals surface area contributed by atoms with Crippen molar-refractivity contribution in [3.05, 3.63) is 0 Å². The minimum Gasteiger partial charge on any atom is -0.392 e. The van der Waals surface area contributed by atoms with Gasteiger partial charge < -0.3 is 4.74 Å². The third-order valence-corrected chi connectivity index (χ3v) is 2.04. The molecule has 0 aromatic carbocycles. The number of carbonyl (C=O) groups excluding carboxylic acids is 2. The van der Waals surface area contributed by atoms with Gasteiger partial charge in [-0.25, -0.2) is 0 Å². The van der Waals surface area contributed by atoms with Crippen LogP contribution in [0.5, 0.6) is 0 Å². The van der Waals surface area contributed by atoms with Gasteiger partial charge in [-0.1, -0.05) is 0 Å². The molecule has 0 amide bonds. The highest BCUT2D eigenvalue weighted by molar-refractivity contribution is 7.99. The van der Waals surface area contributed by atoms with Crippen molar-refractivity contribution >= 4 is 23.7 Å². The van der Waals surface area contributed by atoms with E-state index >= 15 is 0 Å². The van der Waals surface area contributed by atoms with Crippen LogP contribution in [0.15, 0.2) is 0 Å². The Labute approximate surface area is 56.8 Å². The van der Waals surface area contributed by atoms with Gasteiger partial charge in [-0.15, -0.1) is 11.8 Å². The summed E-state index contributed by atoms with van der Waals surface area (Å²) in [7, 11) is 0. The molecule has 0 radical (unpaired) electrons. The molecule has 1 aliphatic rings. The SMILES string of the molecule is CSC1CC(=O)OC1=O. The van der Waals surface area contributed by atoms with Crippen LogP contribution in [-0.2, 0) is 14.3 Å². The fraction of sp³-hybridized carbons (Fsp3) is 0.600. The molecule has 1 unspecified atom stereocenters. The van der Waals surface area contributed by atoms with Gasteiger partial charge >= 0.3 is 11.9 Å². The lowest BCUT2D eigenvalue weighted by molar-refractivity contribution is -0.151. The lowest BCUT2D eigenvalue weighted by Crippen LogP contribution is -2.08. The van der Waals surface area contributed by atoms with E-state index in [1.54, 1.807) is 6.26 Å². The molecule has 1 fully saturated rings. The summed E-state index contributed by atoms with van der Waals surface area (Å²) in [6.45, 7) is 0. The van der Waals surface area contributed by atoms with E-state index in [0.717, 1.165) is 0 Å². The topological polar surface area (TPSA) is 43.4 Å². The lowest BCUT2D eigenvalue weighted by atomic mass is 10.4. The molecule has 3 nitrogen and oxygen atoms in total. The molecule has 0 aromatic rings. The predicted molar refractivity (Wildman–Crippen MR) is 33.0 cm³/mol. The Hall–Kier alpha value is -0.510. The standard InChI is InChI=1S/C5H6O3S/c1-9-3-2-4(6)8-5(3)7/h3H,2H2,1H3. The third-order valence-electron chi connectivity index (χ3n) is 1.11. The van der Waals surface area contributed by atoms with Gasteiger partial charge in [0.1, 0.15) is 5.25 Å². The lowest BCUT2D eigenvalue weighted by Gasteiger charge is -1.93. The van der Waals surface area contributed by atoms with Gasteiger partial charge in [0.05, 0.1) is 6.42 Å². The minimum atomic E-state index is -0.403. The molecule has 9 heavy (non-hydrogen) atoms. The van der Waals surface area contributed by atoms with Crippen LogP contribution in [0.3, 0.4) is 0 Å². The van der Waals surface area contributed by atoms with Gasteiger partial charge in [0.15, 0.2) is 0 Å². The monoisotopic (exact) mass is 146 g/mol. The first kappa shape index (κ1) is 6.61. The van der Waals surface area contributed by atoms with E-state index in [9.17, 15) is 9.59 Å². The number of hydrogen-bond acceptors (Lipinski definition) is 4. The zero-order valence-corrected chi connectivity index (χ0v) is 5.73. The molecule has 50 valence electrons. The summed E-state index contributed by atoms with van der Waals surface area (Å²) in [5.74, 6) is -0.799. The summed E-state index contributed by atoms with van der Waals surface area (Å²) in [5, 5.41) is -0.252. The van der Waals surface area contributed by atoms with Crippen LogP contribution in [0.25, 0.3) is 0 Å². The van der Waals surface area contributed by atoms with Crippen LogP contribution < -0.4 is 0 Å². The molecule has 0 aromatic heterocycles. The third kappa shape index (κ3) is 1.24. The largest absolute Gasteiger partial charge is 0.392 e. The van der Waals surface area contributed by atoms with Crippen molar-refractivity contribution in [2.75, 3.05) is 6.26 Å². The van der Waals surface area contributed by atoms with E-state index in [4.69, 9.17) is 0 Å². The molecule has 1 saturated heterocycles. The maximum Gasteiger partial charge on any atom is 0.327 e. The predicted octanol–water partition coefficient (Wildman–Crippen LogP) is 0.192. The summed E-state index contributed by atoms with van der Waals surface area (Å²) in [6, 6.07) is 0. The normalized spacial score (nSPS) is 26.6. The quantitative estimate of drug-likeness (QED) is 0.391. The zero-order valence-electron chi connectivity index (χ0n) is 4.92. The van der Waals surface area contributed by atoms with Crippen molar-refractivity contribution in [1.82, 2.24) is 0 Å². The Bertz CT molecular complexity index is 154. The maximum atomic E-state index is 10.6. The van der Waals surface area contributed by atoms with Crippen LogP contribution >= 0.6 is 11.8 Å².